The molecular weight excluding hydrogens is 454 g/mol. The van der Waals surface area contributed by atoms with E-state index in [1.54, 1.807) is 0 Å². The van der Waals surface area contributed by atoms with Crippen LogP contribution in [0.2, 0.25) is 0 Å². The van der Waals surface area contributed by atoms with Crippen LogP contribution in [0.15, 0.2) is 60.7 Å². The smallest absolute Gasteiger partial charge is 0.217 e. The molecule has 0 aliphatic carbocycles. The number of amides is 1. The molecule has 4 rings (SSSR count). The highest BCUT2D eigenvalue weighted by molar-refractivity contribution is 5.73. The largest absolute Gasteiger partial charge is 0.547 e. The van der Waals surface area contributed by atoms with Gasteiger partial charge in [-0.25, -0.2) is 0 Å². The minimum atomic E-state index is -1.37. The molecule has 0 bridgehead atoms. The molecule has 35 heavy (non-hydrogen) atoms. The van der Waals surface area contributed by atoms with Crippen LogP contribution < -0.4 is 10.4 Å². The lowest BCUT2D eigenvalue weighted by Crippen LogP contribution is -2.68. The van der Waals surface area contributed by atoms with Gasteiger partial charge >= 0.3 is 0 Å². The topological polar surface area (TPSA) is 115 Å². The molecule has 2 aliphatic rings. The fraction of sp³-hybridized carbons (Fsp3) is 0.462. The molecule has 0 aromatic heterocycles. The number of carbonyl (C=O) groups excluding carboxylic acids is 2. The van der Waals surface area contributed by atoms with E-state index in [0.29, 0.717) is 13.0 Å². The lowest BCUT2D eigenvalue weighted by atomic mass is 9.95. The van der Waals surface area contributed by atoms with Crippen LogP contribution >= 0.6 is 0 Å². The highest BCUT2D eigenvalue weighted by Crippen LogP contribution is 2.36. The highest BCUT2D eigenvalue weighted by atomic mass is 16.8. The molecule has 1 N–H and O–H groups in total. The van der Waals surface area contributed by atoms with Crippen molar-refractivity contribution in [1.29, 1.82) is 0 Å². The molecule has 9 heteroatoms. The predicted octanol–water partition coefficient (Wildman–Crippen LogP) is 1.11. The summed E-state index contributed by atoms with van der Waals surface area (Å²) in [4.78, 5) is 23.6. The summed E-state index contributed by atoms with van der Waals surface area (Å²) in [5.74, 6) is -1.71. The Kier molecular flexibility index (Phi) is 8.48. The maximum atomic E-state index is 12.1. The van der Waals surface area contributed by atoms with Gasteiger partial charge in [-0.05, 0) is 18.9 Å². The van der Waals surface area contributed by atoms with Crippen molar-refractivity contribution in [3.63, 3.8) is 0 Å². The Morgan fingerprint density at radius 2 is 1.77 bits per heavy atom. The number of nitrogens with one attached hydrogen (secondary N) is 1. The van der Waals surface area contributed by atoms with E-state index in [-0.39, 0.29) is 12.5 Å². The molecule has 0 unspecified atom stereocenters. The molecule has 0 radical (unpaired) electrons. The van der Waals surface area contributed by atoms with Gasteiger partial charge in [0.15, 0.2) is 12.6 Å². The van der Waals surface area contributed by atoms with Crippen LogP contribution in [0.4, 0.5) is 0 Å². The van der Waals surface area contributed by atoms with Gasteiger partial charge in [0.2, 0.25) is 5.91 Å². The number of aliphatic carboxylic acids is 1. The van der Waals surface area contributed by atoms with Crippen molar-refractivity contribution in [2.75, 3.05) is 13.2 Å². The van der Waals surface area contributed by atoms with Gasteiger partial charge in [-0.3, -0.25) is 4.79 Å². The van der Waals surface area contributed by atoms with Crippen molar-refractivity contribution >= 4 is 11.9 Å². The second-order valence-electron chi connectivity index (χ2n) is 8.61. The van der Waals surface area contributed by atoms with E-state index < -0.39 is 49.0 Å². The van der Waals surface area contributed by atoms with Gasteiger partial charge in [-0.15, -0.1) is 0 Å². The standard InChI is InChI=1S/C26H31NO8/c1-16(24(29)30)33-23-21(27-17(2)28)26(31-14-13-18-9-5-3-6-10-18)34-20-15-32-25(35-22(20)23)19-11-7-4-8-12-19/h3-12,16,20-23,25-26H,13-15H2,1-2H3,(H,27,28)(H,29,30)/p-1/t16-,20+,21+,22+,23-,25-,26-/m1/s1. The fourth-order valence-electron chi connectivity index (χ4n) is 4.27. The number of fused-ring (bicyclic) bond motifs is 1. The van der Waals surface area contributed by atoms with E-state index in [1.165, 1.54) is 13.8 Å². The molecule has 2 aliphatic heterocycles. The van der Waals surface area contributed by atoms with E-state index in [2.05, 4.69) is 5.32 Å². The average molecular weight is 485 g/mol. The van der Waals surface area contributed by atoms with Crippen molar-refractivity contribution in [3.05, 3.63) is 71.8 Å². The Bertz CT molecular complexity index is 972. The molecule has 0 saturated carbocycles. The van der Waals surface area contributed by atoms with Crippen LogP contribution in [0.3, 0.4) is 0 Å². The zero-order valence-electron chi connectivity index (χ0n) is 19.7. The third kappa shape index (κ3) is 6.45. The van der Waals surface area contributed by atoms with Crippen LogP contribution in [-0.4, -0.2) is 61.8 Å². The number of rotatable bonds is 9. The summed E-state index contributed by atoms with van der Waals surface area (Å²) in [7, 11) is 0. The summed E-state index contributed by atoms with van der Waals surface area (Å²) < 4.78 is 30.2. The molecule has 0 spiro atoms. The van der Waals surface area contributed by atoms with E-state index >= 15 is 0 Å². The zero-order chi connectivity index (χ0) is 24.8. The molecule has 2 aromatic rings. The maximum absolute atomic E-state index is 12.1. The summed E-state index contributed by atoms with van der Waals surface area (Å²) in [5.41, 5.74) is 1.89. The van der Waals surface area contributed by atoms with Crippen molar-refractivity contribution in [3.8, 4) is 0 Å². The molecular formula is C26H30NO8-. The van der Waals surface area contributed by atoms with Gasteiger partial charge in [0.1, 0.15) is 24.4 Å². The maximum Gasteiger partial charge on any atom is 0.217 e. The van der Waals surface area contributed by atoms with Crippen LogP contribution in [0.1, 0.15) is 31.3 Å². The lowest BCUT2D eigenvalue weighted by molar-refractivity contribution is -0.357. The number of benzene rings is 2. The van der Waals surface area contributed by atoms with Crippen LogP contribution in [0.5, 0.6) is 0 Å². The Morgan fingerprint density at radius 1 is 1.09 bits per heavy atom. The number of hydrogen-bond acceptors (Lipinski definition) is 8. The SMILES string of the molecule is CC(=O)N[C@@H]1[C@H](OCCc2ccccc2)O[C@H]2CO[C@@H](c3ccccc3)O[C@@H]2[C@@H]1O[C@H](C)C(=O)[O-]. The summed E-state index contributed by atoms with van der Waals surface area (Å²) >= 11 is 0. The minimum Gasteiger partial charge on any atom is -0.547 e. The Balaban J connectivity index is 1.55. The van der Waals surface area contributed by atoms with Gasteiger partial charge < -0.3 is 38.9 Å². The summed E-state index contributed by atoms with van der Waals surface area (Å²) in [6.45, 7) is 3.24. The zero-order valence-corrected chi connectivity index (χ0v) is 19.7. The second-order valence-corrected chi connectivity index (χ2v) is 8.61. The Morgan fingerprint density at radius 3 is 2.43 bits per heavy atom. The molecule has 2 fully saturated rings. The first-order valence-electron chi connectivity index (χ1n) is 11.7. The van der Waals surface area contributed by atoms with Crippen LogP contribution in [0, 0.1) is 0 Å². The molecule has 2 heterocycles. The lowest BCUT2D eigenvalue weighted by Gasteiger charge is -2.49. The van der Waals surface area contributed by atoms with Gasteiger partial charge in [-0.1, -0.05) is 60.7 Å². The van der Waals surface area contributed by atoms with Crippen molar-refractivity contribution < 1.29 is 38.4 Å². The van der Waals surface area contributed by atoms with Crippen LogP contribution in [0.25, 0.3) is 0 Å². The van der Waals surface area contributed by atoms with Gasteiger partial charge in [0.05, 0.1) is 25.3 Å². The number of carboxylic acids is 1. The summed E-state index contributed by atoms with van der Waals surface area (Å²) in [6, 6.07) is 18.4. The normalized spacial score (nSPS) is 29.1. The minimum absolute atomic E-state index is 0.176. The third-order valence-corrected chi connectivity index (χ3v) is 5.99. The molecule has 2 aromatic carbocycles. The quantitative estimate of drug-likeness (QED) is 0.563. The molecule has 7 atom stereocenters. The molecule has 188 valence electrons. The second kappa shape index (κ2) is 11.7. The van der Waals surface area contributed by atoms with Crippen LogP contribution in [-0.2, 0) is 39.7 Å². The summed E-state index contributed by atoms with van der Waals surface area (Å²) in [6.07, 6.45) is -4.42. The first-order valence-corrected chi connectivity index (χ1v) is 11.7. The van der Waals surface area contributed by atoms with E-state index in [1.807, 2.05) is 60.7 Å². The molecule has 2 saturated heterocycles. The molecule has 1 amide bonds. The highest BCUT2D eigenvalue weighted by Gasteiger charge is 2.52. The third-order valence-electron chi connectivity index (χ3n) is 5.99. The van der Waals surface area contributed by atoms with Crippen molar-refractivity contribution in [1.82, 2.24) is 5.32 Å². The van der Waals surface area contributed by atoms with Gasteiger partial charge in [0.25, 0.3) is 0 Å². The monoisotopic (exact) mass is 484 g/mol. The van der Waals surface area contributed by atoms with E-state index in [9.17, 15) is 14.7 Å². The van der Waals surface area contributed by atoms with Gasteiger partial charge in [-0.2, -0.15) is 0 Å². The number of carbonyl (C=O) groups is 2. The Hall–Kier alpha value is -2.82. The molecule has 9 nitrogen and oxygen atoms in total. The first kappa shape index (κ1) is 25.3. The van der Waals surface area contributed by atoms with Gasteiger partial charge in [0, 0.05) is 12.5 Å². The first-order chi connectivity index (χ1) is 16.9. The Labute approximate surface area is 204 Å². The number of ether oxygens (including phenoxy) is 5. The van der Waals surface area contributed by atoms with E-state index in [4.69, 9.17) is 23.7 Å². The van der Waals surface area contributed by atoms with Crippen molar-refractivity contribution in [2.24, 2.45) is 0 Å². The fourth-order valence-corrected chi connectivity index (χ4v) is 4.27. The van der Waals surface area contributed by atoms with Crippen molar-refractivity contribution in [2.45, 2.75) is 63.3 Å². The summed E-state index contributed by atoms with van der Waals surface area (Å²) in [5, 5.41) is 14.3. The number of hydrogen-bond donors (Lipinski definition) is 1. The predicted molar refractivity (Wildman–Crippen MR) is 122 cm³/mol. The van der Waals surface area contributed by atoms with E-state index in [0.717, 1.165) is 11.1 Å². The average Bonchev–Trinajstić information content (AvgIpc) is 2.86. The number of carboxylic acid groups (broad SMARTS) is 1.